The molecule has 0 saturated heterocycles. The van der Waals surface area contributed by atoms with Crippen molar-refractivity contribution in [3.05, 3.63) is 81.7 Å². The number of nitrogens with zero attached hydrogens (tertiary/aromatic N) is 2. The van der Waals surface area contributed by atoms with E-state index in [0.29, 0.717) is 35.8 Å². The molecule has 0 spiro atoms. The van der Waals surface area contributed by atoms with Crippen LogP contribution in [0.2, 0.25) is 0 Å². The van der Waals surface area contributed by atoms with Gasteiger partial charge in [-0.25, -0.2) is 8.42 Å². The Hall–Kier alpha value is -3.05. The quantitative estimate of drug-likeness (QED) is 0.349. The average Bonchev–Trinajstić information content (AvgIpc) is 3.30. The normalized spacial score (nSPS) is 13.7. The van der Waals surface area contributed by atoms with E-state index in [1.807, 2.05) is 32.0 Å². The van der Waals surface area contributed by atoms with Gasteiger partial charge in [0.15, 0.2) is 0 Å². The van der Waals surface area contributed by atoms with Crippen molar-refractivity contribution in [1.29, 1.82) is 0 Å². The molecular weight excluding hydrogens is 532 g/mol. The van der Waals surface area contributed by atoms with Crippen LogP contribution in [0.5, 0.6) is 0 Å². The maximum absolute atomic E-state index is 13.2. The zero-order valence-corrected chi connectivity index (χ0v) is 24.3. The van der Waals surface area contributed by atoms with Crippen LogP contribution in [0.15, 0.2) is 59.5 Å². The lowest BCUT2D eigenvalue weighted by Crippen LogP contribution is -2.31. The number of anilines is 1. The Labute approximate surface area is 235 Å². The summed E-state index contributed by atoms with van der Waals surface area (Å²) in [7, 11) is -2.04. The maximum Gasteiger partial charge on any atom is 0.256 e. The van der Waals surface area contributed by atoms with E-state index in [4.69, 9.17) is 0 Å². The summed E-state index contributed by atoms with van der Waals surface area (Å²) in [6, 6.07) is 16.2. The number of hydrogen-bond acceptors (Lipinski definition) is 6. The van der Waals surface area contributed by atoms with Gasteiger partial charge in [0, 0.05) is 50.2 Å². The van der Waals surface area contributed by atoms with Crippen molar-refractivity contribution in [2.75, 3.05) is 32.0 Å². The maximum atomic E-state index is 13.2. The Bertz CT molecular complexity index is 1400. The molecular formula is C29H36N4O4S2. The van der Waals surface area contributed by atoms with Crippen LogP contribution >= 0.6 is 11.3 Å². The summed E-state index contributed by atoms with van der Waals surface area (Å²) in [6.45, 7) is 7.03. The molecule has 0 atom stereocenters. The van der Waals surface area contributed by atoms with Gasteiger partial charge in [0.25, 0.3) is 11.8 Å². The number of rotatable bonds is 11. The standard InChI is InChI=1S/C29H36N4O4S2/c1-4-6-17-33(5-2)39(36,37)23-14-12-22(13-15-23)27(34)31-29-26(28(35)30-3)24-16-18-32(20-25(24)38-29)19-21-10-8-7-9-11-21/h7-15H,4-6,16-20H2,1-3H3,(H,30,35)(H,31,34). The van der Waals surface area contributed by atoms with E-state index in [-0.39, 0.29) is 16.7 Å². The van der Waals surface area contributed by atoms with Crippen LogP contribution in [0.4, 0.5) is 5.00 Å². The van der Waals surface area contributed by atoms with Crippen molar-refractivity contribution in [2.45, 2.75) is 51.1 Å². The molecule has 4 rings (SSSR count). The van der Waals surface area contributed by atoms with Gasteiger partial charge in [-0.05, 0) is 48.2 Å². The molecule has 208 valence electrons. The van der Waals surface area contributed by atoms with Crippen LogP contribution in [0.3, 0.4) is 0 Å². The fraction of sp³-hybridized carbons (Fsp3) is 0.379. The Morgan fingerprint density at radius 3 is 2.38 bits per heavy atom. The van der Waals surface area contributed by atoms with Gasteiger partial charge in [-0.2, -0.15) is 4.31 Å². The number of unbranched alkanes of at least 4 members (excludes halogenated alkanes) is 1. The zero-order valence-electron chi connectivity index (χ0n) is 22.7. The van der Waals surface area contributed by atoms with E-state index >= 15 is 0 Å². The molecule has 0 radical (unpaired) electrons. The van der Waals surface area contributed by atoms with E-state index < -0.39 is 10.0 Å². The molecule has 1 aliphatic rings. The van der Waals surface area contributed by atoms with Gasteiger partial charge in [0.05, 0.1) is 10.5 Å². The van der Waals surface area contributed by atoms with Crippen molar-refractivity contribution < 1.29 is 18.0 Å². The summed E-state index contributed by atoms with van der Waals surface area (Å²) in [5, 5.41) is 6.15. The second-order valence-corrected chi connectivity index (χ2v) is 12.6. The summed E-state index contributed by atoms with van der Waals surface area (Å²) in [5.41, 5.74) is 3.05. The lowest BCUT2D eigenvalue weighted by molar-refractivity contribution is 0.0962. The molecule has 2 amide bonds. The summed E-state index contributed by atoms with van der Waals surface area (Å²) in [5.74, 6) is -0.616. The Kier molecular flexibility index (Phi) is 9.55. The molecule has 2 aromatic carbocycles. The molecule has 1 aromatic heterocycles. The van der Waals surface area contributed by atoms with E-state index in [0.717, 1.165) is 42.8 Å². The number of carbonyl (C=O) groups is 2. The van der Waals surface area contributed by atoms with Crippen LogP contribution in [0.25, 0.3) is 0 Å². The lowest BCUT2D eigenvalue weighted by atomic mass is 10.0. The summed E-state index contributed by atoms with van der Waals surface area (Å²) in [6.07, 6.45) is 2.41. The Balaban J connectivity index is 1.52. The van der Waals surface area contributed by atoms with Gasteiger partial charge < -0.3 is 10.6 Å². The van der Waals surface area contributed by atoms with E-state index in [9.17, 15) is 18.0 Å². The van der Waals surface area contributed by atoms with E-state index in [1.54, 1.807) is 7.05 Å². The van der Waals surface area contributed by atoms with Crippen LogP contribution in [0, 0.1) is 0 Å². The fourth-order valence-corrected chi connectivity index (χ4v) is 7.54. The molecule has 0 fully saturated rings. The van der Waals surface area contributed by atoms with Crippen LogP contribution < -0.4 is 10.6 Å². The highest BCUT2D eigenvalue weighted by Gasteiger charge is 2.29. The van der Waals surface area contributed by atoms with Crippen LogP contribution in [0.1, 0.15) is 63.4 Å². The highest BCUT2D eigenvalue weighted by atomic mass is 32.2. The number of fused-ring (bicyclic) bond motifs is 1. The van der Waals surface area contributed by atoms with Crippen LogP contribution in [-0.4, -0.2) is 56.1 Å². The predicted octanol–water partition coefficient (Wildman–Crippen LogP) is 4.73. The van der Waals surface area contributed by atoms with E-state index in [1.165, 1.54) is 45.5 Å². The molecule has 8 nitrogen and oxygen atoms in total. The topological polar surface area (TPSA) is 98.8 Å². The van der Waals surface area contributed by atoms with Crippen molar-refractivity contribution in [3.63, 3.8) is 0 Å². The monoisotopic (exact) mass is 568 g/mol. The Morgan fingerprint density at radius 1 is 1.03 bits per heavy atom. The number of thiophene rings is 1. The van der Waals surface area contributed by atoms with Crippen molar-refractivity contribution in [1.82, 2.24) is 14.5 Å². The molecule has 3 aromatic rings. The molecule has 1 aliphatic heterocycles. The third-order valence-electron chi connectivity index (χ3n) is 6.93. The summed E-state index contributed by atoms with van der Waals surface area (Å²) >= 11 is 1.43. The van der Waals surface area contributed by atoms with Crippen LogP contribution in [-0.2, 0) is 29.5 Å². The Morgan fingerprint density at radius 2 is 1.74 bits per heavy atom. The number of carbonyl (C=O) groups excluding carboxylic acids is 2. The molecule has 0 unspecified atom stereocenters. The van der Waals surface area contributed by atoms with Crippen molar-refractivity contribution in [2.24, 2.45) is 0 Å². The van der Waals surface area contributed by atoms with Gasteiger partial charge in [-0.3, -0.25) is 14.5 Å². The molecule has 0 aliphatic carbocycles. The first-order valence-electron chi connectivity index (χ1n) is 13.3. The molecule has 2 heterocycles. The van der Waals surface area contributed by atoms with Crippen molar-refractivity contribution >= 4 is 38.2 Å². The number of benzene rings is 2. The number of nitrogens with one attached hydrogen (secondary N) is 2. The number of sulfonamides is 1. The third kappa shape index (κ3) is 6.58. The van der Waals surface area contributed by atoms with Gasteiger partial charge in [0.2, 0.25) is 10.0 Å². The average molecular weight is 569 g/mol. The predicted molar refractivity (Wildman–Crippen MR) is 156 cm³/mol. The highest BCUT2D eigenvalue weighted by molar-refractivity contribution is 7.89. The smallest absolute Gasteiger partial charge is 0.256 e. The minimum absolute atomic E-state index is 0.160. The fourth-order valence-electron chi connectivity index (χ4n) is 4.77. The molecule has 0 saturated carbocycles. The van der Waals surface area contributed by atoms with Gasteiger partial charge >= 0.3 is 0 Å². The van der Waals surface area contributed by atoms with Gasteiger partial charge in [-0.15, -0.1) is 11.3 Å². The first kappa shape index (κ1) is 28.9. The third-order valence-corrected chi connectivity index (χ3v) is 10.1. The molecule has 10 heteroatoms. The summed E-state index contributed by atoms with van der Waals surface area (Å²) in [4.78, 5) is 29.6. The molecule has 39 heavy (non-hydrogen) atoms. The minimum Gasteiger partial charge on any atom is -0.355 e. The van der Waals surface area contributed by atoms with Crippen molar-refractivity contribution in [3.8, 4) is 0 Å². The second kappa shape index (κ2) is 12.9. The molecule has 2 N–H and O–H groups in total. The zero-order chi connectivity index (χ0) is 28.0. The second-order valence-electron chi connectivity index (χ2n) is 9.56. The van der Waals surface area contributed by atoms with Gasteiger partial charge in [-0.1, -0.05) is 50.6 Å². The van der Waals surface area contributed by atoms with E-state index in [2.05, 4.69) is 27.7 Å². The lowest BCUT2D eigenvalue weighted by Gasteiger charge is -2.27. The summed E-state index contributed by atoms with van der Waals surface area (Å²) < 4.78 is 27.5. The first-order chi connectivity index (χ1) is 18.8. The highest BCUT2D eigenvalue weighted by Crippen LogP contribution is 2.37. The molecule has 0 bridgehead atoms. The number of hydrogen-bond donors (Lipinski definition) is 2. The SMILES string of the molecule is CCCCN(CC)S(=O)(=O)c1ccc(C(=O)Nc2sc3c(c2C(=O)NC)CCN(Cc2ccccc2)C3)cc1. The van der Waals surface area contributed by atoms with Gasteiger partial charge in [0.1, 0.15) is 5.00 Å². The first-order valence-corrected chi connectivity index (χ1v) is 15.6. The minimum atomic E-state index is -3.63. The largest absolute Gasteiger partial charge is 0.355 e. The number of amides is 2.